The molecule has 0 aromatic heterocycles. The summed E-state index contributed by atoms with van der Waals surface area (Å²) in [4.78, 5) is 11.7. The van der Waals surface area contributed by atoms with Crippen LogP contribution in [0.15, 0.2) is 72.8 Å². The number of halogens is 1. The van der Waals surface area contributed by atoms with Gasteiger partial charge in [-0.15, -0.1) is 12.4 Å². The lowest BCUT2D eigenvalue weighted by atomic mass is 9.94. The maximum Gasteiger partial charge on any atom is 0.337 e. The third-order valence-corrected chi connectivity index (χ3v) is 6.58. The fourth-order valence-corrected chi connectivity index (χ4v) is 4.57. The minimum Gasteiger partial charge on any atom is -0.492 e. The molecule has 1 aliphatic carbocycles. The molecule has 1 aliphatic rings. The average Bonchev–Trinajstić information content (AvgIpc) is 2.88. The molecule has 0 saturated heterocycles. The van der Waals surface area contributed by atoms with Gasteiger partial charge in [0.1, 0.15) is 18.1 Å². The van der Waals surface area contributed by atoms with Crippen molar-refractivity contribution in [3.05, 3.63) is 83.9 Å². The predicted molar refractivity (Wildman–Crippen MR) is 146 cm³/mol. The highest BCUT2D eigenvalue weighted by atomic mass is 35.5. The van der Waals surface area contributed by atoms with Gasteiger partial charge in [0.2, 0.25) is 0 Å². The number of carboxylic acid groups (broad SMARTS) is 1. The molecule has 0 radical (unpaired) electrons. The summed E-state index contributed by atoms with van der Waals surface area (Å²) in [5, 5.41) is 26.8. The van der Waals surface area contributed by atoms with Gasteiger partial charge >= 0.3 is 5.97 Å². The molecule has 4 rings (SSSR count). The van der Waals surface area contributed by atoms with E-state index in [-0.39, 0.29) is 12.4 Å². The zero-order chi connectivity index (χ0) is 24.7. The quantitative estimate of drug-likeness (QED) is 0.196. The second-order valence-electron chi connectivity index (χ2n) is 9.28. The second-order valence-corrected chi connectivity index (χ2v) is 9.28. The van der Waals surface area contributed by atoms with Crippen molar-refractivity contribution in [2.45, 2.75) is 50.8 Å². The Morgan fingerprint density at radius 2 is 1.64 bits per heavy atom. The molecule has 1 atom stereocenters. The van der Waals surface area contributed by atoms with Crippen molar-refractivity contribution >= 4 is 24.1 Å². The van der Waals surface area contributed by atoms with Crippen LogP contribution in [0.2, 0.25) is 0 Å². The summed E-state index contributed by atoms with van der Waals surface area (Å²) in [7, 11) is 0. The molecule has 36 heavy (non-hydrogen) atoms. The molecule has 7 heteroatoms. The van der Waals surface area contributed by atoms with E-state index in [1.54, 1.807) is 13.0 Å². The number of hydrogen-bond acceptors (Lipinski definition) is 5. The van der Waals surface area contributed by atoms with Crippen molar-refractivity contribution in [1.29, 1.82) is 0 Å². The van der Waals surface area contributed by atoms with Crippen LogP contribution < -0.4 is 15.4 Å². The number of hydrogen-bond donors (Lipinski definition) is 4. The largest absolute Gasteiger partial charge is 0.492 e. The zero-order valence-electron chi connectivity index (χ0n) is 20.6. The number of carbonyl (C=O) groups is 1. The first-order chi connectivity index (χ1) is 16.9. The van der Waals surface area contributed by atoms with Gasteiger partial charge in [-0.2, -0.15) is 0 Å². The van der Waals surface area contributed by atoms with Gasteiger partial charge in [-0.3, -0.25) is 5.32 Å². The van der Waals surface area contributed by atoms with Crippen LogP contribution in [-0.4, -0.2) is 35.4 Å². The van der Waals surface area contributed by atoms with Crippen molar-refractivity contribution in [2.24, 2.45) is 0 Å². The van der Waals surface area contributed by atoms with Gasteiger partial charge in [0.05, 0.1) is 5.56 Å². The topological polar surface area (TPSA) is 90.8 Å². The van der Waals surface area contributed by atoms with E-state index in [0.29, 0.717) is 30.4 Å². The minimum atomic E-state index is -1.13. The molecule has 1 saturated carbocycles. The molecule has 0 unspecified atom stereocenters. The normalized spacial score (nSPS) is 15.4. The van der Waals surface area contributed by atoms with Gasteiger partial charge < -0.3 is 20.3 Å². The smallest absolute Gasteiger partial charge is 0.337 e. The molecule has 0 spiro atoms. The highest BCUT2D eigenvalue weighted by Crippen LogP contribution is 2.30. The van der Waals surface area contributed by atoms with Crippen molar-refractivity contribution in [3.63, 3.8) is 0 Å². The first-order valence-corrected chi connectivity index (χ1v) is 12.3. The van der Waals surface area contributed by atoms with Crippen molar-refractivity contribution in [1.82, 2.24) is 5.32 Å². The summed E-state index contributed by atoms with van der Waals surface area (Å²) in [5.41, 5.74) is 2.61. The zero-order valence-corrected chi connectivity index (χ0v) is 21.4. The van der Waals surface area contributed by atoms with Crippen LogP contribution in [0.3, 0.4) is 0 Å². The highest BCUT2D eigenvalue weighted by molar-refractivity contribution is 5.95. The average molecular weight is 511 g/mol. The second kappa shape index (κ2) is 12.8. The fourth-order valence-electron chi connectivity index (χ4n) is 4.57. The van der Waals surface area contributed by atoms with Crippen LogP contribution in [0.1, 0.15) is 54.9 Å². The minimum absolute atomic E-state index is 0. The van der Waals surface area contributed by atoms with Crippen LogP contribution >= 0.6 is 12.4 Å². The van der Waals surface area contributed by atoms with Crippen molar-refractivity contribution in [3.8, 4) is 16.9 Å². The lowest BCUT2D eigenvalue weighted by molar-refractivity contribution is 0.0169. The summed E-state index contributed by atoms with van der Waals surface area (Å²) in [5.74, 6) is -0.184. The standard InChI is InChI=1S/C29H34N2O4.ClH/c1-29(34,23-8-4-2-5-9-23)30-18-19-35-25-15-12-21(13-16-25)22-14-17-26(28(32)33)27(20-22)31-24-10-6-3-7-11-24;/h2,4-5,8-9,12-17,20,24,30-31,34H,3,6-7,10-11,18-19H2,1H3,(H,32,33);1H/t29-;/m0./s1. The molecule has 0 heterocycles. The Morgan fingerprint density at radius 1 is 0.972 bits per heavy atom. The van der Waals surface area contributed by atoms with Gasteiger partial charge in [0.15, 0.2) is 0 Å². The summed E-state index contributed by atoms with van der Waals surface area (Å²) in [6, 6.07) is 23.0. The number of aromatic carboxylic acids is 1. The van der Waals surface area contributed by atoms with Gasteiger partial charge in [-0.1, -0.05) is 67.8 Å². The van der Waals surface area contributed by atoms with Crippen LogP contribution in [0, 0.1) is 0 Å². The van der Waals surface area contributed by atoms with Crippen LogP contribution in [0.4, 0.5) is 5.69 Å². The lowest BCUT2D eigenvalue weighted by Gasteiger charge is -2.25. The van der Waals surface area contributed by atoms with E-state index in [1.807, 2.05) is 66.7 Å². The number of carboxylic acids is 1. The van der Waals surface area contributed by atoms with Crippen molar-refractivity contribution in [2.75, 3.05) is 18.5 Å². The van der Waals surface area contributed by atoms with E-state index in [0.717, 1.165) is 35.3 Å². The number of benzene rings is 3. The first kappa shape index (κ1) is 27.5. The van der Waals surface area contributed by atoms with Crippen molar-refractivity contribution < 1.29 is 19.7 Å². The molecule has 1 fully saturated rings. The number of nitrogens with one attached hydrogen (secondary N) is 2. The van der Waals surface area contributed by atoms with E-state index in [2.05, 4.69) is 10.6 Å². The third kappa shape index (κ3) is 7.23. The Balaban J connectivity index is 0.00000361. The molecule has 4 N–H and O–H groups in total. The Kier molecular flexibility index (Phi) is 9.76. The maximum absolute atomic E-state index is 11.7. The molecular formula is C29H35ClN2O4. The summed E-state index contributed by atoms with van der Waals surface area (Å²) in [6.07, 6.45) is 5.76. The Morgan fingerprint density at radius 3 is 2.31 bits per heavy atom. The Hall–Kier alpha value is -3.06. The fraction of sp³-hybridized carbons (Fsp3) is 0.345. The van der Waals surface area contributed by atoms with E-state index >= 15 is 0 Å². The van der Waals surface area contributed by atoms with E-state index in [1.165, 1.54) is 19.3 Å². The van der Waals surface area contributed by atoms with Gasteiger partial charge in [0.25, 0.3) is 0 Å². The molecule has 0 bridgehead atoms. The van der Waals surface area contributed by atoms with Crippen LogP contribution in [-0.2, 0) is 5.72 Å². The first-order valence-electron chi connectivity index (χ1n) is 12.3. The van der Waals surface area contributed by atoms with E-state index in [4.69, 9.17) is 4.74 Å². The monoisotopic (exact) mass is 510 g/mol. The number of anilines is 1. The summed E-state index contributed by atoms with van der Waals surface area (Å²) >= 11 is 0. The highest BCUT2D eigenvalue weighted by Gasteiger charge is 2.21. The number of rotatable bonds is 10. The molecule has 3 aromatic carbocycles. The molecule has 192 valence electrons. The van der Waals surface area contributed by atoms with Crippen LogP contribution in [0.25, 0.3) is 11.1 Å². The molecule has 6 nitrogen and oxygen atoms in total. The van der Waals surface area contributed by atoms with Gasteiger partial charge in [0, 0.05) is 18.3 Å². The summed E-state index contributed by atoms with van der Waals surface area (Å²) < 4.78 is 5.84. The lowest BCUT2D eigenvalue weighted by Crippen LogP contribution is -2.41. The van der Waals surface area contributed by atoms with E-state index < -0.39 is 11.7 Å². The van der Waals surface area contributed by atoms with Gasteiger partial charge in [-0.05, 0) is 60.7 Å². The Bertz CT molecular complexity index is 1110. The molecular weight excluding hydrogens is 476 g/mol. The number of ether oxygens (including phenoxy) is 1. The maximum atomic E-state index is 11.7. The van der Waals surface area contributed by atoms with E-state index in [9.17, 15) is 15.0 Å². The molecule has 3 aromatic rings. The number of aliphatic hydroxyl groups is 1. The predicted octanol–water partition coefficient (Wildman–Crippen LogP) is 6.05. The molecule has 0 amide bonds. The van der Waals surface area contributed by atoms with Crippen LogP contribution in [0.5, 0.6) is 5.75 Å². The summed E-state index contributed by atoms with van der Waals surface area (Å²) in [6.45, 7) is 2.62. The SMILES string of the molecule is C[C@@](O)(NCCOc1ccc(-c2ccc(C(=O)O)c(NC3CCCCC3)c2)cc1)c1ccccc1.Cl. The third-order valence-electron chi connectivity index (χ3n) is 6.58. The Labute approximate surface area is 219 Å². The molecule has 0 aliphatic heterocycles. The van der Waals surface area contributed by atoms with Gasteiger partial charge in [-0.25, -0.2) is 4.79 Å².